The molecular weight excluding hydrogens is 358 g/mol. The summed E-state index contributed by atoms with van der Waals surface area (Å²) in [5.41, 5.74) is 0.707. The number of esters is 1. The summed E-state index contributed by atoms with van der Waals surface area (Å²) in [5, 5.41) is 6.74. The van der Waals surface area contributed by atoms with Crippen LogP contribution in [0.25, 0.3) is 0 Å². The highest BCUT2D eigenvalue weighted by atomic mass is 32.2. The number of thioether (sulfide) groups is 1. The molecule has 8 nitrogen and oxygen atoms in total. The second-order valence-corrected chi connectivity index (χ2v) is 7.03. The van der Waals surface area contributed by atoms with Gasteiger partial charge in [0, 0.05) is 10.9 Å². The van der Waals surface area contributed by atoms with Gasteiger partial charge in [-0.25, -0.2) is 4.79 Å². The van der Waals surface area contributed by atoms with Crippen molar-refractivity contribution >= 4 is 41.3 Å². The standard InChI is InChI=1S/C17H21N3O5S/c1-3-10(2)18-17(24)20-14(21)9-25-15(22)8-13-16(23)19-11-6-4-5-7-12(11)26-13/h4-7,10,13H,3,8-9H2,1-2H3,(H,19,23)(H2,18,20,21,24)/t10-,13+/m0/s1. The molecule has 0 aromatic heterocycles. The Balaban J connectivity index is 1.76. The summed E-state index contributed by atoms with van der Waals surface area (Å²) < 4.78 is 4.85. The van der Waals surface area contributed by atoms with Gasteiger partial charge in [-0.1, -0.05) is 19.1 Å². The average molecular weight is 379 g/mol. The number of ether oxygens (including phenoxy) is 1. The van der Waals surface area contributed by atoms with Crippen LogP contribution in [0.15, 0.2) is 29.2 Å². The molecule has 4 amide bonds. The zero-order valence-electron chi connectivity index (χ0n) is 14.5. The van der Waals surface area contributed by atoms with E-state index in [0.29, 0.717) is 5.69 Å². The van der Waals surface area contributed by atoms with E-state index < -0.39 is 29.8 Å². The summed E-state index contributed by atoms with van der Waals surface area (Å²) in [6.45, 7) is 3.11. The number of para-hydroxylation sites is 1. The Labute approximate surface area is 155 Å². The summed E-state index contributed by atoms with van der Waals surface area (Å²) in [5.74, 6) is -1.71. The largest absolute Gasteiger partial charge is 0.456 e. The highest BCUT2D eigenvalue weighted by Crippen LogP contribution is 2.36. The average Bonchev–Trinajstić information content (AvgIpc) is 2.60. The van der Waals surface area contributed by atoms with Gasteiger partial charge in [-0.15, -0.1) is 11.8 Å². The number of anilines is 1. The van der Waals surface area contributed by atoms with Gasteiger partial charge in [-0.2, -0.15) is 0 Å². The highest BCUT2D eigenvalue weighted by Gasteiger charge is 2.29. The second-order valence-electron chi connectivity index (χ2n) is 5.79. The maximum Gasteiger partial charge on any atom is 0.321 e. The lowest BCUT2D eigenvalue weighted by Gasteiger charge is -2.23. The molecule has 0 spiro atoms. The van der Waals surface area contributed by atoms with Crippen molar-refractivity contribution in [1.29, 1.82) is 0 Å². The molecule has 0 bridgehead atoms. The van der Waals surface area contributed by atoms with Crippen LogP contribution in [-0.4, -0.2) is 41.7 Å². The zero-order chi connectivity index (χ0) is 19.1. The number of benzene rings is 1. The fraction of sp³-hybridized carbons (Fsp3) is 0.412. The second kappa shape index (κ2) is 9.23. The van der Waals surface area contributed by atoms with Crippen LogP contribution in [-0.2, 0) is 19.1 Å². The molecule has 1 aliphatic rings. The van der Waals surface area contributed by atoms with Crippen molar-refractivity contribution in [3.8, 4) is 0 Å². The molecule has 1 aromatic rings. The maximum atomic E-state index is 12.0. The summed E-state index contributed by atoms with van der Waals surface area (Å²) in [7, 11) is 0. The summed E-state index contributed by atoms with van der Waals surface area (Å²) in [6, 6.07) is 6.57. The van der Waals surface area contributed by atoms with Crippen LogP contribution in [0.5, 0.6) is 0 Å². The number of amides is 4. The van der Waals surface area contributed by atoms with Gasteiger partial charge in [0.15, 0.2) is 6.61 Å². The van der Waals surface area contributed by atoms with Crippen molar-refractivity contribution in [3.63, 3.8) is 0 Å². The van der Waals surface area contributed by atoms with Crippen LogP contribution < -0.4 is 16.0 Å². The third-order valence-electron chi connectivity index (χ3n) is 3.67. The number of urea groups is 1. The van der Waals surface area contributed by atoms with E-state index in [2.05, 4.69) is 16.0 Å². The lowest BCUT2D eigenvalue weighted by atomic mass is 10.2. The first-order valence-corrected chi connectivity index (χ1v) is 9.09. The van der Waals surface area contributed by atoms with E-state index in [1.807, 2.05) is 25.1 Å². The predicted octanol–water partition coefficient (Wildman–Crippen LogP) is 1.66. The normalized spacial score (nSPS) is 16.7. The maximum absolute atomic E-state index is 12.0. The van der Waals surface area contributed by atoms with Crippen molar-refractivity contribution in [1.82, 2.24) is 10.6 Å². The molecule has 0 aliphatic carbocycles. The summed E-state index contributed by atoms with van der Waals surface area (Å²) in [6.07, 6.45) is 0.554. The van der Waals surface area contributed by atoms with Gasteiger partial charge in [0.05, 0.1) is 17.4 Å². The highest BCUT2D eigenvalue weighted by molar-refractivity contribution is 8.01. The van der Waals surface area contributed by atoms with Gasteiger partial charge in [0.1, 0.15) is 0 Å². The topological polar surface area (TPSA) is 114 Å². The molecule has 2 rings (SSSR count). The first-order valence-electron chi connectivity index (χ1n) is 8.21. The molecule has 1 aliphatic heterocycles. The Morgan fingerprint density at radius 3 is 2.77 bits per heavy atom. The molecule has 1 aromatic carbocycles. The van der Waals surface area contributed by atoms with Crippen molar-refractivity contribution < 1.29 is 23.9 Å². The van der Waals surface area contributed by atoms with E-state index in [1.54, 1.807) is 13.0 Å². The Hall–Kier alpha value is -2.55. The molecule has 9 heteroatoms. The summed E-state index contributed by atoms with van der Waals surface area (Å²) in [4.78, 5) is 47.9. The van der Waals surface area contributed by atoms with Crippen LogP contribution in [0.4, 0.5) is 10.5 Å². The molecule has 0 fully saturated rings. The number of nitrogens with one attached hydrogen (secondary N) is 3. The molecule has 0 radical (unpaired) electrons. The molecule has 0 unspecified atom stereocenters. The van der Waals surface area contributed by atoms with Gasteiger partial charge < -0.3 is 15.4 Å². The Morgan fingerprint density at radius 2 is 2.04 bits per heavy atom. The predicted molar refractivity (Wildman–Crippen MR) is 96.7 cm³/mol. The Bertz CT molecular complexity index is 709. The number of fused-ring (bicyclic) bond motifs is 1. The summed E-state index contributed by atoms with van der Waals surface area (Å²) >= 11 is 1.27. The molecule has 26 heavy (non-hydrogen) atoms. The van der Waals surface area contributed by atoms with Crippen LogP contribution in [0, 0.1) is 0 Å². The minimum atomic E-state index is -0.731. The van der Waals surface area contributed by atoms with Gasteiger partial charge in [0.2, 0.25) is 5.91 Å². The Kier molecular flexibility index (Phi) is 7.02. The quantitative estimate of drug-likeness (QED) is 0.648. The van der Waals surface area contributed by atoms with E-state index in [4.69, 9.17) is 4.74 Å². The van der Waals surface area contributed by atoms with Crippen molar-refractivity contribution in [3.05, 3.63) is 24.3 Å². The third kappa shape index (κ3) is 5.76. The number of rotatable bonds is 6. The molecule has 2 atom stereocenters. The third-order valence-corrected chi connectivity index (χ3v) is 4.94. The van der Waals surface area contributed by atoms with E-state index in [1.165, 1.54) is 11.8 Å². The number of carbonyl (C=O) groups is 4. The molecule has 0 saturated heterocycles. The smallest absolute Gasteiger partial charge is 0.321 e. The van der Waals surface area contributed by atoms with Crippen LogP contribution in [0.1, 0.15) is 26.7 Å². The van der Waals surface area contributed by atoms with Gasteiger partial charge >= 0.3 is 12.0 Å². The number of hydrogen-bond donors (Lipinski definition) is 3. The molecule has 1 heterocycles. The minimum absolute atomic E-state index is 0.0740. The van der Waals surface area contributed by atoms with Gasteiger partial charge in [-0.3, -0.25) is 19.7 Å². The fourth-order valence-corrected chi connectivity index (χ4v) is 3.20. The fourth-order valence-electron chi connectivity index (χ4n) is 2.11. The SMILES string of the molecule is CC[C@H](C)NC(=O)NC(=O)COC(=O)C[C@H]1Sc2ccccc2NC1=O. The monoisotopic (exact) mass is 379 g/mol. The van der Waals surface area contributed by atoms with Gasteiger partial charge in [-0.05, 0) is 25.5 Å². The number of hydrogen-bond acceptors (Lipinski definition) is 6. The number of imide groups is 1. The van der Waals surface area contributed by atoms with Crippen molar-refractivity contribution in [2.75, 3.05) is 11.9 Å². The lowest BCUT2D eigenvalue weighted by molar-refractivity contribution is -0.148. The van der Waals surface area contributed by atoms with Crippen LogP contribution in [0.2, 0.25) is 0 Å². The zero-order valence-corrected chi connectivity index (χ0v) is 15.4. The lowest BCUT2D eigenvalue weighted by Crippen LogP contribution is -2.44. The number of carbonyl (C=O) groups excluding carboxylic acids is 4. The van der Waals surface area contributed by atoms with Crippen molar-refractivity contribution in [2.45, 2.75) is 42.9 Å². The van der Waals surface area contributed by atoms with E-state index in [9.17, 15) is 19.2 Å². The van der Waals surface area contributed by atoms with Crippen LogP contribution in [0.3, 0.4) is 0 Å². The first-order chi connectivity index (χ1) is 12.4. The van der Waals surface area contributed by atoms with E-state index in [-0.39, 0.29) is 18.4 Å². The van der Waals surface area contributed by atoms with Crippen LogP contribution >= 0.6 is 11.8 Å². The van der Waals surface area contributed by atoms with Gasteiger partial charge in [0.25, 0.3) is 5.91 Å². The first kappa shape index (κ1) is 19.8. The Morgan fingerprint density at radius 1 is 1.31 bits per heavy atom. The van der Waals surface area contributed by atoms with E-state index in [0.717, 1.165) is 11.3 Å². The molecule has 140 valence electrons. The van der Waals surface area contributed by atoms with E-state index >= 15 is 0 Å². The minimum Gasteiger partial charge on any atom is -0.456 e. The molecular formula is C17H21N3O5S. The van der Waals surface area contributed by atoms with Crippen molar-refractivity contribution in [2.24, 2.45) is 0 Å². The molecule has 0 saturated carbocycles. The molecule has 3 N–H and O–H groups in total.